The first-order chi connectivity index (χ1) is 23.8. The van der Waals surface area contributed by atoms with Crippen LogP contribution in [0.5, 0.6) is 23.0 Å². The van der Waals surface area contributed by atoms with E-state index in [0.717, 1.165) is 16.5 Å². The Bertz CT molecular complexity index is 1860. The summed E-state index contributed by atoms with van der Waals surface area (Å²) in [6.45, 7) is 6.38. The second-order valence-electron chi connectivity index (χ2n) is 11.0. The van der Waals surface area contributed by atoms with Crippen molar-refractivity contribution in [3.05, 3.63) is 107 Å². The highest BCUT2D eigenvalue weighted by Gasteiger charge is 2.32. The molecule has 0 spiro atoms. The van der Waals surface area contributed by atoms with Crippen molar-refractivity contribution in [1.29, 1.82) is 0 Å². The lowest BCUT2D eigenvalue weighted by molar-refractivity contribution is -0.136. The van der Waals surface area contributed by atoms with Crippen molar-refractivity contribution >= 4 is 29.0 Å². The van der Waals surface area contributed by atoms with Gasteiger partial charge in [0.2, 0.25) is 0 Å². The minimum absolute atomic E-state index is 0.154. The standard InChI is InChI=1S/C37H40N4O8/c1-5-46-31-18-24(12-15-29(31)48-21-25-11-13-26-9-7-8-10-27(26)17-25)20-38-41-33(42)22-49-30-16-14-28(19-32(30)47-6-2)35-34(36(43)45-4)23(3)39-37(44)40-35/h7-20,33,35,41-42H,5-6,21-22H2,1-4H3,(H2,39,40,44)/b38-20-/t33-,35+/m0/s1. The monoisotopic (exact) mass is 668 g/mol. The maximum atomic E-state index is 12.5. The summed E-state index contributed by atoms with van der Waals surface area (Å²) in [4.78, 5) is 24.7. The molecule has 0 aromatic heterocycles. The smallest absolute Gasteiger partial charge is 0.337 e. The number of allylic oxidation sites excluding steroid dienone is 1. The van der Waals surface area contributed by atoms with E-state index in [2.05, 4.69) is 45.4 Å². The predicted molar refractivity (Wildman–Crippen MR) is 185 cm³/mol. The van der Waals surface area contributed by atoms with Gasteiger partial charge in [0.05, 0.1) is 38.2 Å². The van der Waals surface area contributed by atoms with E-state index in [9.17, 15) is 14.7 Å². The third kappa shape index (κ3) is 8.79. The number of nitrogens with zero attached hydrogens (tertiary/aromatic N) is 1. The number of carbonyl (C=O) groups is 2. The molecule has 49 heavy (non-hydrogen) atoms. The van der Waals surface area contributed by atoms with Gasteiger partial charge in [0, 0.05) is 5.70 Å². The van der Waals surface area contributed by atoms with E-state index < -0.39 is 24.3 Å². The Morgan fingerprint density at radius 3 is 2.37 bits per heavy atom. The van der Waals surface area contributed by atoms with Crippen LogP contribution in [0, 0.1) is 0 Å². The van der Waals surface area contributed by atoms with Gasteiger partial charge in [-0.25, -0.2) is 9.59 Å². The van der Waals surface area contributed by atoms with Crippen molar-refractivity contribution in [1.82, 2.24) is 16.1 Å². The van der Waals surface area contributed by atoms with Crippen LogP contribution in [0.3, 0.4) is 0 Å². The zero-order valence-corrected chi connectivity index (χ0v) is 27.8. The molecule has 2 atom stereocenters. The van der Waals surface area contributed by atoms with E-state index in [1.165, 1.54) is 12.5 Å². The van der Waals surface area contributed by atoms with Gasteiger partial charge in [0.25, 0.3) is 0 Å². The summed E-state index contributed by atoms with van der Waals surface area (Å²) in [6, 6.07) is 23.7. The van der Waals surface area contributed by atoms with Crippen LogP contribution in [-0.4, -0.2) is 56.5 Å². The minimum Gasteiger partial charge on any atom is -0.490 e. The quantitative estimate of drug-likeness (QED) is 0.0570. The van der Waals surface area contributed by atoms with Gasteiger partial charge in [-0.1, -0.05) is 42.5 Å². The first kappa shape index (κ1) is 34.6. The number of hydrogen-bond acceptors (Lipinski definition) is 10. The topological polar surface area (TPSA) is 149 Å². The summed E-state index contributed by atoms with van der Waals surface area (Å²) in [6.07, 6.45) is 0.405. The molecule has 4 N–H and O–H groups in total. The fourth-order valence-electron chi connectivity index (χ4n) is 5.30. The zero-order chi connectivity index (χ0) is 34.8. The molecular weight excluding hydrogens is 628 g/mol. The molecule has 2 amide bonds. The highest BCUT2D eigenvalue weighted by atomic mass is 16.5. The molecule has 4 aromatic rings. The molecule has 1 heterocycles. The van der Waals surface area contributed by atoms with Crippen LogP contribution in [0.1, 0.15) is 43.5 Å². The fourth-order valence-corrected chi connectivity index (χ4v) is 5.30. The van der Waals surface area contributed by atoms with Crippen molar-refractivity contribution in [2.24, 2.45) is 5.10 Å². The highest BCUT2D eigenvalue weighted by molar-refractivity contribution is 5.95. The maximum absolute atomic E-state index is 12.5. The lowest BCUT2D eigenvalue weighted by Crippen LogP contribution is -2.45. The minimum atomic E-state index is -1.15. The largest absolute Gasteiger partial charge is 0.490 e. The van der Waals surface area contributed by atoms with Gasteiger partial charge in [-0.05, 0) is 84.6 Å². The Hall–Kier alpha value is -5.75. The van der Waals surface area contributed by atoms with Gasteiger partial charge < -0.3 is 39.4 Å². The number of rotatable bonds is 15. The lowest BCUT2D eigenvalue weighted by atomic mass is 9.95. The van der Waals surface area contributed by atoms with Crippen LogP contribution in [-0.2, 0) is 16.1 Å². The number of amides is 2. The number of methoxy groups -OCH3 is 1. The second kappa shape index (κ2) is 16.4. The fraction of sp³-hybridized carbons (Fsp3) is 0.270. The number of hydrogen-bond donors (Lipinski definition) is 4. The summed E-state index contributed by atoms with van der Waals surface area (Å²) in [5.41, 5.74) is 5.69. The van der Waals surface area contributed by atoms with Gasteiger partial charge >= 0.3 is 12.0 Å². The number of fused-ring (bicyclic) bond motifs is 1. The highest BCUT2D eigenvalue weighted by Crippen LogP contribution is 2.35. The SMILES string of the molecule is CCOc1cc(/C=N\N[C@@H](O)COc2ccc([C@H]3NC(=O)NC(C)=C3C(=O)OC)cc2OCC)ccc1OCc1ccc2ccccc2c1. The van der Waals surface area contributed by atoms with Gasteiger partial charge in [-0.2, -0.15) is 5.10 Å². The summed E-state index contributed by atoms with van der Waals surface area (Å²) < 4.78 is 28.5. The van der Waals surface area contributed by atoms with Crippen molar-refractivity contribution in [2.45, 2.75) is 39.6 Å². The Balaban J connectivity index is 1.19. The van der Waals surface area contributed by atoms with Crippen LogP contribution in [0.4, 0.5) is 4.79 Å². The second-order valence-corrected chi connectivity index (χ2v) is 11.0. The van der Waals surface area contributed by atoms with E-state index in [1.807, 2.05) is 50.2 Å². The normalized spacial score (nSPS) is 15.0. The molecule has 12 heteroatoms. The number of aliphatic hydroxyl groups is 1. The molecule has 0 saturated heterocycles. The van der Waals surface area contributed by atoms with Gasteiger partial charge in [-0.15, -0.1) is 0 Å². The molecule has 0 aliphatic carbocycles. The average Bonchev–Trinajstić information content (AvgIpc) is 3.10. The number of urea groups is 1. The number of esters is 1. The summed E-state index contributed by atoms with van der Waals surface area (Å²) in [5.74, 6) is 1.35. The molecule has 256 valence electrons. The summed E-state index contributed by atoms with van der Waals surface area (Å²) in [5, 5.41) is 22.4. The molecule has 12 nitrogen and oxygen atoms in total. The van der Waals surface area contributed by atoms with Crippen molar-refractivity contribution in [3.8, 4) is 23.0 Å². The molecule has 0 radical (unpaired) electrons. The van der Waals surface area contributed by atoms with E-state index >= 15 is 0 Å². The molecule has 0 bridgehead atoms. The third-order valence-corrected chi connectivity index (χ3v) is 7.59. The van der Waals surface area contributed by atoms with E-state index in [1.54, 1.807) is 31.3 Å². The molecular formula is C37H40N4O8. The van der Waals surface area contributed by atoms with Crippen LogP contribution < -0.4 is 35.0 Å². The number of aliphatic hydroxyl groups excluding tert-OH is 1. The molecule has 5 rings (SSSR count). The number of hydrazone groups is 1. The molecule has 0 unspecified atom stereocenters. The Kier molecular flexibility index (Phi) is 11.6. The molecule has 4 aromatic carbocycles. The first-order valence-corrected chi connectivity index (χ1v) is 15.9. The van der Waals surface area contributed by atoms with Crippen LogP contribution in [0.25, 0.3) is 10.8 Å². The molecule has 0 saturated carbocycles. The van der Waals surface area contributed by atoms with Crippen molar-refractivity contribution < 1.29 is 38.4 Å². The van der Waals surface area contributed by atoms with Crippen molar-refractivity contribution in [3.63, 3.8) is 0 Å². The van der Waals surface area contributed by atoms with Crippen LogP contribution >= 0.6 is 0 Å². The Morgan fingerprint density at radius 2 is 1.61 bits per heavy atom. The summed E-state index contributed by atoms with van der Waals surface area (Å²) in [7, 11) is 1.28. The van der Waals surface area contributed by atoms with Gasteiger partial charge in [0.15, 0.2) is 29.2 Å². The number of ether oxygens (including phenoxy) is 5. The van der Waals surface area contributed by atoms with Crippen LogP contribution in [0.2, 0.25) is 0 Å². The van der Waals surface area contributed by atoms with Gasteiger partial charge in [-0.3, -0.25) is 5.43 Å². The van der Waals surface area contributed by atoms with Crippen molar-refractivity contribution in [2.75, 3.05) is 26.9 Å². The summed E-state index contributed by atoms with van der Waals surface area (Å²) >= 11 is 0. The predicted octanol–water partition coefficient (Wildman–Crippen LogP) is 5.34. The zero-order valence-electron chi connectivity index (χ0n) is 27.8. The Labute approximate surface area is 284 Å². The Morgan fingerprint density at radius 1 is 0.898 bits per heavy atom. The number of benzene rings is 4. The van der Waals surface area contributed by atoms with Crippen LogP contribution in [0.15, 0.2) is 95.2 Å². The maximum Gasteiger partial charge on any atom is 0.337 e. The lowest BCUT2D eigenvalue weighted by Gasteiger charge is -2.28. The number of carbonyl (C=O) groups excluding carboxylic acids is 2. The molecule has 1 aliphatic rings. The number of nitrogens with one attached hydrogen (secondary N) is 3. The molecule has 0 fully saturated rings. The first-order valence-electron chi connectivity index (χ1n) is 15.9. The van der Waals surface area contributed by atoms with E-state index in [0.29, 0.717) is 54.1 Å². The average molecular weight is 669 g/mol. The van der Waals surface area contributed by atoms with Gasteiger partial charge in [0.1, 0.15) is 13.2 Å². The third-order valence-electron chi connectivity index (χ3n) is 7.59. The van der Waals surface area contributed by atoms with E-state index in [-0.39, 0.29) is 12.2 Å². The molecule has 1 aliphatic heterocycles. The van der Waals surface area contributed by atoms with E-state index in [4.69, 9.17) is 23.7 Å².